The fourth-order valence-corrected chi connectivity index (χ4v) is 13.0. The Morgan fingerprint density at radius 3 is 0.824 bits per heavy atom. The van der Waals surface area contributed by atoms with Crippen LogP contribution in [0.5, 0.6) is 0 Å². The van der Waals surface area contributed by atoms with E-state index in [1.807, 2.05) is 0 Å². The standard InChI is InChI=1S/C72H70N2/c1-6-16-54(17-7-1)56-24-28-58(29-25-56)59-32-34-61(35-33-59)63-38-46-69(47-39-63)74(67-22-12-4-13-23-67)71-50-42-65(43-51-71)72(52-14-5-15-53-72)64-40-48-70(49-41-64)73(66-20-10-3-11-21-66)68-44-36-62(37-45-68)60-30-26-57(27-31-60)55-18-8-2-9-19-55/h3-4,10-13,20-51,54-55H,1-2,5-9,14-19,52-53H2. The lowest BCUT2D eigenvalue weighted by atomic mass is 9.65. The van der Waals surface area contributed by atoms with Crippen LogP contribution in [0.2, 0.25) is 0 Å². The van der Waals surface area contributed by atoms with E-state index in [0.717, 1.165) is 53.1 Å². The van der Waals surface area contributed by atoms with E-state index in [1.54, 1.807) is 0 Å². The van der Waals surface area contributed by atoms with Crippen molar-refractivity contribution >= 4 is 34.1 Å². The summed E-state index contributed by atoms with van der Waals surface area (Å²) >= 11 is 0. The van der Waals surface area contributed by atoms with Crippen molar-refractivity contribution in [2.75, 3.05) is 9.80 Å². The van der Waals surface area contributed by atoms with Crippen LogP contribution in [-0.4, -0.2) is 0 Å². The van der Waals surface area contributed by atoms with Gasteiger partial charge in [-0.15, -0.1) is 0 Å². The van der Waals surface area contributed by atoms with Gasteiger partial charge in [0.1, 0.15) is 0 Å². The van der Waals surface area contributed by atoms with Gasteiger partial charge in [-0.25, -0.2) is 0 Å². The minimum absolute atomic E-state index is 0.0474. The summed E-state index contributed by atoms with van der Waals surface area (Å²) in [5, 5.41) is 0. The number of rotatable bonds is 13. The van der Waals surface area contributed by atoms with Crippen molar-refractivity contribution in [3.05, 3.63) is 253 Å². The van der Waals surface area contributed by atoms with Crippen molar-refractivity contribution < 1.29 is 0 Å². The van der Waals surface area contributed by atoms with Gasteiger partial charge < -0.3 is 9.80 Å². The summed E-state index contributed by atoms with van der Waals surface area (Å²) in [5.74, 6) is 1.46. The Morgan fingerprint density at radius 1 is 0.243 bits per heavy atom. The average molecular weight is 963 g/mol. The first kappa shape index (κ1) is 47.6. The van der Waals surface area contributed by atoms with Gasteiger partial charge in [-0.2, -0.15) is 0 Å². The summed E-state index contributed by atoms with van der Waals surface area (Å²) in [4.78, 5) is 4.80. The molecule has 0 aromatic heterocycles. The quantitative estimate of drug-likeness (QED) is 0.114. The van der Waals surface area contributed by atoms with Gasteiger partial charge in [0.15, 0.2) is 0 Å². The molecule has 0 atom stereocenters. The zero-order chi connectivity index (χ0) is 49.5. The van der Waals surface area contributed by atoms with E-state index in [9.17, 15) is 0 Å². The third kappa shape index (κ3) is 10.1. The Labute approximate surface area is 441 Å². The van der Waals surface area contributed by atoms with Crippen molar-refractivity contribution in [1.82, 2.24) is 0 Å². The first-order chi connectivity index (χ1) is 36.6. The molecule has 3 fully saturated rings. The van der Waals surface area contributed by atoms with Gasteiger partial charge in [0.25, 0.3) is 0 Å². The number of hydrogen-bond donors (Lipinski definition) is 0. The molecule has 0 bridgehead atoms. The van der Waals surface area contributed by atoms with Crippen LogP contribution >= 0.6 is 0 Å². The molecule has 74 heavy (non-hydrogen) atoms. The van der Waals surface area contributed by atoms with Crippen LogP contribution < -0.4 is 9.80 Å². The molecule has 2 nitrogen and oxygen atoms in total. The van der Waals surface area contributed by atoms with Gasteiger partial charge in [0, 0.05) is 39.5 Å². The molecule has 9 aromatic rings. The molecule has 0 saturated heterocycles. The summed E-state index contributed by atoms with van der Waals surface area (Å²) in [5.41, 5.74) is 20.3. The van der Waals surface area contributed by atoms with E-state index in [-0.39, 0.29) is 5.41 Å². The second-order valence-electron chi connectivity index (χ2n) is 21.7. The molecule has 3 saturated carbocycles. The summed E-state index contributed by atoms with van der Waals surface area (Å²) in [7, 11) is 0. The maximum Gasteiger partial charge on any atom is 0.0462 e. The van der Waals surface area contributed by atoms with Crippen LogP contribution in [0.4, 0.5) is 34.1 Å². The highest BCUT2D eigenvalue weighted by atomic mass is 15.1. The third-order valence-corrected chi connectivity index (χ3v) is 17.2. The largest absolute Gasteiger partial charge is 0.311 e. The topological polar surface area (TPSA) is 6.48 Å². The highest BCUT2D eigenvalue weighted by molar-refractivity contribution is 5.81. The molecule has 3 aliphatic carbocycles. The minimum atomic E-state index is -0.0474. The van der Waals surface area contributed by atoms with Crippen molar-refractivity contribution in [2.45, 2.75) is 114 Å². The number of anilines is 6. The molecule has 0 spiro atoms. The molecule has 0 unspecified atom stereocenters. The van der Waals surface area contributed by atoms with Crippen molar-refractivity contribution in [3.8, 4) is 33.4 Å². The van der Waals surface area contributed by atoms with Crippen LogP contribution in [-0.2, 0) is 5.41 Å². The maximum absolute atomic E-state index is 2.42. The van der Waals surface area contributed by atoms with Crippen LogP contribution in [0, 0.1) is 0 Å². The molecular formula is C72H70N2. The number of benzene rings is 9. The Morgan fingerprint density at radius 2 is 0.500 bits per heavy atom. The monoisotopic (exact) mass is 963 g/mol. The van der Waals surface area contributed by atoms with Crippen molar-refractivity contribution in [1.29, 1.82) is 0 Å². The van der Waals surface area contributed by atoms with Crippen LogP contribution in [0.15, 0.2) is 231 Å². The Hall–Kier alpha value is -7.42. The Kier molecular flexibility index (Phi) is 14.1. The van der Waals surface area contributed by atoms with Gasteiger partial charge in [-0.05, 0) is 179 Å². The van der Waals surface area contributed by atoms with Crippen LogP contribution in [0.1, 0.15) is 130 Å². The zero-order valence-electron chi connectivity index (χ0n) is 43.1. The van der Waals surface area contributed by atoms with E-state index >= 15 is 0 Å². The summed E-state index contributed by atoms with van der Waals surface area (Å²) in [6, 6.07) is 86.9. The first-order valence-corrected chi connectivity index (χ1v) is 28.1. The van der Waals surface area contributed by atoms with Gasteiger partial charge in [0.05, 0.1) is 0 Å². The van der Waals surface area contributed by atoms with E-state index < -0.39 is 0 Å². The van der Waals surface area contributed by atoms with Crippen LogP contribution in [0.3, 0.4) is 0 Å². The highest BCUT2D eigenvalue weighted by Gasteiger charge is 2.36. The lowest BCUT2D eigenvalue weighted by Crippen LogP contribution is -2.30. The predicted octanol–water partition coefficient (Wildman–Crippen LogP) is 21.0. The van der Waals surface area contributed by atoms with E-state index in [0.29, 0.717) is 0 Å². The summed E-state index contributed by atoms with van der Waals surface area (Å²) < 4.78 is 0. The van der Waals surface area contributed by atoms with Gasteiger partial charge >= 0.3 is 0 Å². The van der Waals surface area contributed by atoms with E-state index in [1.165, 1.54) is 145 Å². The number of para-hydroxylation sites is 2. The summed E-state index contributed by atoms with van der Waals surface area (Å²) in [6.45, 7) is 0. The van der Waals surface area contributed by atoms with Gasteiger partial charge in [0.2, 0.25) is 0 Å². The smallest absolute Gasteiger partial charge is 0.0462 e. The SMILES string of the molecule is c1ccc(N(c2ccc(-c3ccc(-c4ccc(C5CCCCC5)cc4)cc3)cc2)c2ccc(C3(c4ccc(N(c5ccccc5)c5ccc(-c6ccc(C7CCCCC7)cc6)cc5)cc4)CCCCC3)cc2)cc1. The predicted molar refractivity (Wildman–Crippen MR) is 314 cm³/mol. The third-order valence-electron chi connectivity index (χ3n) is 17.2. The first-order valence-electron chi connectivity index (χ1n) is 28.1. The second kappa shape index (κ2) is 22.0. The molecule has 0 amide bonds. The lowest BCUT2D eigenvalue weighted by molar-refractivity contribution is 0.346. The van der Waals surface area contributed by atoms with Crippen molar-refractivity contribution in [2.24, 2.45) is 0 Å². The lowest BCUT2D eigenvalue weighted by Gasteiger charge is -2.39. The molecular weight excluding hydrogens is 893 g/mol. The number of hydrogen-bond acceptors (Lipinski definition) is 2. The molecule has 0 N–H and O–H groups in total. The molecule has 2 heteroatoms. The molecule has 368 valence electrons. The molecule has 0 aliphatic heterocycles. The Bertz CT molecular complexity index is 3180. The normalized spacial score (nSPS) is 16.1. The highest BCUT2D eigenvalue weighted by Crippen LogP contribution is 2.48. The average Bonchev–Trinajstić information content (AvgIpc) is 3.50. The second-order valence-corrected chi connectivity index (χ2v) is 21.7. The molecule has 0 heterocycles. The molecule has 9 aromatic carbocycles. The maximum atomic E-state index is 2.42. The zero-order valence-corrected chi connectivity index (χ0v) is 43.1. The van der Waals surface area contributed by atoms with E-state index in [4.69, 9.17) is 0 Å². The van der Waals surface area contributed by atoms with Gasteiger partial charge in [-0.3, -0.25) is 0 Å². The fourth-order valence-electron chi connectivity index (χ4n) is 13.0. The summed E-state index contributed by atoms with van der Waals surface area (Å²) in [6.07, 6.45) is 19.6. The van der Waals surface area contributed by atoms with Crippen molar-refractivity contribution in [3.63, 3.8) is 0 Å². The molecule has 0 radical (unpaired) electrons. The fraction of sp³-hybridized carbons (Fsp3) is 0.250. The molecule has 12 rings (SSSR count). The minimum Gasteiger partial charge on any atom is -0.311 e. The number of nitrogens with zero attached hydrogens (tertiary/aromatic N) is 2. The van der Waals surface area contributed by atoms with Crippen LogP contribution in [0.25, 0.3) is 33.4 Å². The van der Waals surface area contributed by atoms with E-state index in [2.05, 4.69) is 240 Å². The Balaban J connectivity index is 0.786. The molecule has 3 aliphatic rings. The van der Waals surface area contributed by atoms with Gasteiger partial charge in [-0.1, -0.05) is 216 Å².